The minimum Gasteiger partial charge on any atom is -1.00 e. The molecule has 1 aliphatic heterocycles. The van der Waals surface area contributed by atoms with Crippen molar-refractivity contribution in [3.8, 4) is 0 Å². The van der Waals surface area contributed by atoms with Crippen molar-refractivity contribution in [2.75, 3.05) is 0 Å². The van der Waals surface area contributed by atoms with Gasteiger partial charge in [-0.3, -0.25) is 0 Å². The minimum absolute atomic E-state index is 0. The SMILES string of the molecule is CCC1=C2c3c(ccc4ccccc34)[CH]1[Zr+2][CH]1C(CC)=C(c3c1ccc1ccccc31)[Si]2(C)C.[Cl-].[Cl-]. The molecular formula is C32H30Cl2SiZr. The predicted octanol–water partition coefficient (Wildman–Crippen LogP) is 3.02. The molecule has 2 unspecified atom stereocenters. The van der Waals surface area contributed by atoms with E-state index in [9.17, 15) is 0 Å². The van der Waals surface area contributed by atoms with Gasteiger partial charge in [0.2, 0.25) is 0 Å². The van der Waals surface area contributed by atoms with Crippen molar-refractivity contribution in [1.29, 1.82) is 0 Å². The molecule has 7 rings (SSSR count). The molecule has 0 amide bonds. The van der Waals surface area contributed by atoms with Crippen molar-refractivity contribution in [3.63, 3.8) is 0 Å². The van der Waals surface area contributed by atoms with Crippen LogP contribution in [-0.2, 0) is 23.2 Å². The Bertz CT molecular complexity index is 1480. The molecule has 0 aromatic heterocycles. The molecule has 4 aromatic carbocycles. The van der Waals surface area contributed by atoms with Gasteiger partial charge in [-0.1, -0.05) is 0 Å². The topological polar surface area (TPSA) is 0 Å². The number of benzene rings is 4. The van der Waals surface area contributed by atoms with E-state index in [1.807, 2.05) is 11.1 Å². The zero-order valence-corrected chi connectivity index (χ0v) is 26.2. The number of halogens is 2. The second kappa shape index (κ2) is 9.39. The van der Waals surface area contributed by atoms with Gasteiger partial charge < -0.3 is 24.8 Å². The summed E-state index contributed by atoms with van der Waals surface area (Å²) in [4.78, 5) is 0. The maximum atomic E-state index is 2.68. The summed E-state index contributed by atoms with van der Waals surface area (Å²) in [6, 6.07) is 28.2. The van der Waals surface area contributed by atoms with Crippen LogP contribution in [0.4, 0.5) is 0 Å². The minimum atomic E-state index is -1.97. The Morgan fingerprint density at radius 1 is 0.611 bits per heavy atom. The normalized spacial score (nSPS) is 20.6. The van der Waals surface area contributed by atoms with Crippen LogP contribution in [0.2, 0.25) is 13.1 Å². The van der Waals surface area contributed by atoms with Crippen LogP contribution in [0.25, 0.3) is 31.9 Å². The summed E-state index contributed by atoms with van der Waals surface area (Å²) in [5.41, 5.74) is 10.3. The van der Waals surface area contributed by atoms with Gasteiger partial charge in [-0.25, -0.2) is 0 Å². The van der Waals surface area contributed by atoms with Crippen molar-refractivity contribution in [2.45, 2.75) is 47.0 Å². The van der Waals surface area contributed by atoms with E-state index in [2.05, 4.69) is 99.7 Å². The first-order chi connectivity index (χ1) is 16.6. The molecule has 0 fully saturated rings. The molecule has 36 heavy (non-hydrogen) atoms. The Balaban J connectivity index is 0.00000133. The van der Waals surface area contributed by atoms with Crippen LogP contribution >= 0.6 is 0 Å². The first-order valence-electron chi connectivity index (χ1n) is 12.8. The van der Waals surface area contributed by atoms with Gasteiger partial charge in [0.15, 0.2) is 0 Å². The fourth-order valence-electron chi connectivity index (χ4n) is 7.46. The Kier molecular flexibility index (Phi) is 6.83. The molecule has 1 heterocycles. The van der Waals surface area contributed by atoms with E-state index in [-0.39, 0.29) is 24.8 Å². The van der Waals surface area contributed by atoms with Gasteiger partial charge in [0.1, 0.15) is 0 Å². The van der Waals surface area contributed by atoms with Crippen molar-refractivity contribution in [3.05, 3.63) is 106 Å². The van der Waals surface area contributed by atoms with Gasteiger partial charge in [-0.2, -0.15) is 0 Å². The Labute approximate surface area is 239 Å². The fourth-order valence-corrected chi connectivity index (χ4v) is 18.1. The van der Waals surface area contributed by atoms with Gasteiger partial charge in [0.05, 0.1) is 0 Å². The summed E-state index contributed by atoms with van der Waals surface area (Å²) in [5.74, 6) is 0. The molecule has 180 valence electrons. The number of allylic oxidation sites excluding steroid dienone is 2. The van der Waals surface area contributed by atoms with Gasteiger partial charge in [-0.05, 0) is 0 Å². The van der Waals surface area contributed by atoms with E-state index in [0.29, 0.717) is 0 Å². The molecule has 0 nitrogen and oxygen atoms in total. The summed E-state index contributed by atoms with van der Waals surface area (Å²) in [7, 11) is -1.97. The molecule has 4 heteroatoms. The van der Waals surface area contributed by atoms with Crippen molar-refractivity contribution >= 4 is 40.0 Å². The molecule has 0 saturated heterocycles. The van der Waals surface area contributed by atoms with E-state index in [1.54, 1.807) is 32.6 Å². The van der Waals surface area contributed by atoms with Crippen LogP contribution in [0.15, 0.2) is 83.9 Å². The van der Waals surface area contributed by atoms with Crippen molar-refractivity contribution < 1.29 is 48.0 Å². The summed E-state index contributed by atoms with van der Waals surface area (Å²) >= 11 is -0.820. The number of hydrogen-bond donors (Lipinski definition) is 0. The zero-order chi connectivity index (χ0) is 23.2. The van der Waals surface area contributed by atoms with Crippen molar-refractivity contribution in [2.24, 2.45) is 0 Å². The standard InChI is InChI=1S/C32H30Si.2ClH.Zr/c1-5-21-19-25-17-15-23-11-7-9-13-27(23)29(25)31(21)33(3,4)32-22(6-2)20-26-18-16-24-12-8-10-14-28(24)30(26)32;;;/h7-20H,5-6H2,1-4H3;2*1H;/q;;;+2/p-2. The Hall–Kier alpha value is -1.44. The molecule has 0 radical (unpaired) electrons. The molecule has 2 atom stereocenters. The number of fused-ring (bicyclic) bond motifs is 12. The molecule has 0 saturated carbocycles. The maximum Gasteiger partial charge on any atom is -1.00 e. The summed E-state index contributed by atoms with van der Waals surface area (Å²) in [5, 5.41) is 9.41. The predicted molar refractivity (Wildman–Crippen MR) is 145 cm³/mol. The first-order valence-corrected chi connectivity index (χ1v) is 18.7. The van der Waals surface area contributed by atoms with E-state index >= 15 is 0 Å². The Morgan fingerprint density at radius 3 is 1.44 bits per heavy atom. The Morgan fingerprint density at radius 2 is 1.03 bits per heavy atom. The quantitative estimate of drug-likeness (QED) is 0.309. The largest absolute Gasteiger partial charge is 1.00 e. The second-order valence-electron chi connectivity index (χ2n) is 10.7. The van der Waals surface area contributed by atoms with Gasteiger partial charge in [-0.15, -0.1) is 0 Å². The third kappa shape index (κ3) is 3.34. The van der Waals surface area contributed by atoms with E-state index in [4.69, 9.17) is 0 Å². The maximum absolute atomic E-state index is 2.68. The second-order valence-corrected chi connectivity index (χ2v) is 18.6. The third-order valence-electron chi connectivity index (χ3n) is 8.73. The van der Waals surface area contributed by atoms with Crippen LogP contribution in [0.5, 0.6) is 0 Å². The summed E-state index contributed by atoms with van der Waals surface area (Å²) < 4.78 is 1.45. The average molecular weight is 605 g/mol. The van der Waals surface area contributed by atoms with Gasteiger partial charge >= 0.3 is 216 Å². The smallest absolute Gasteiger partial charge is 1.00 e. The van der Waals surface area contributed by atoms with E-state index in [0.717, 1.165) is 7.25 Å². The molecule has 2 aliphatic carbocycles. The fraction of sp³-hybridized carbons (Fsp3) is 0.250. The van der Waals surface area contributed by atoms with Gasteiger partial charge in [0, 0.05) is 0 Å². The van der Waals surface area contributed by atoms with E-state index in [1.165, 1.54) is 34.4 Å². The monoisotopic (exact) mass is 602 g/mol. The zero-order valence-electron chi connectivity index (χ0n) is 21.3. The third-order valence-corrected chi connectivity index (χ3v) is 17.3. The van der Waals surface area contributed by atoms with Crippen LogP contribution < -0.4 is 24.8 Å². The molecule has 4 aromatic rings. The molecular weight excluding hydrogens is 575 g/mol. The molecule has 3 aliphatic rings. The number of rotatable bonds is 2. The van der Waals surface area contributed by atoms with Crippen LogP contribution in [0.3, 0.4) is 0 Å². The summed E-state index contributed by atoms with van der Waals surface area (Å²) in [6.07, 6.45) is 2.41. The number of hydrogen-bond acceptors (Lipinski definition) is 0. The average Bonchev–Trinajstić information content (AvgIpc) is 3.38. The van der Waals surface area contributed by atoms with Crippen LogP contribution in [0.1, 0.15) is 56.2 Å². The van der Waals surface area contributed by atoms with Crippen LogP contribution in [0, 0.1) is 0 Å². The first kappa shape index (κ1) is 26.2. The molecule has 0 N–H and O–H groups in total. The molecule has 4 bridgehead atoms. The van der Waals surface area contributed by atoms with Crippen molar-refractivity contribution in [1.82, 2.24) is 0 Å². The van der Waals surface area contributed by atoms with Crippen LogP contribution in [-0.4, -0.2) is 8.07 Å². The molecule has 0 spiro atoms. The van der Waals surface area contributed by atoms with Gasteiger partial charge in [0.25, 0.3) is 0 Å². The summed E-state index contributed by atoms with van der Waals surface area (Å²) in [6.45, 7) is 10.2. The van der Waals surface area contributed by atoms with E-state index < -0.39 is 31.3 Å².